The molecule has 1 saturated heterocycles. The summed E-state index contributed by atoms with van der Waals surface area (Å²) in [5.41, 5.74) is 5.89. The quantitative estimate of drug-likeness (QED) is 0.201. The predicted molar refractivity (Wildman–Crippen MR) is 181 cm³/mol. The molecule has 8 heteroatoms. The number of hydrogen-bond donors (Lipinski definition) is 2. The number of amides is 1. The topological polar surface area (TPSA) is 79.4 Å². The number of carbonyl (C=O) groups excluding carboxylic acids is 1. The first-order valence-corrected chi connectivity index (χ1v) is 17.1. The molecule has 6 rings (SSSR count). The minimum atomic E-state index is 0.0736. The lowest BCUT2D eigenvalue weighted by atomic mass is 9.77. The normalized spacial score (nSPS) is 19.6. The molecule has 1 aliphatic heterocycles. The van der Waals surface area contributed by atoms with Gasteiger partial charge in [0.25, 0.3) is 0 Å². The maximum absolute atomic E-state index is 13.2. The van der Waals surface area contributed by atoms with Crippen molar-refractivity contribution in [3.05, 3.63) is 69.7 Å². The zero-order valence-corrected chi connectivity index (χ0v) is 27.3. The van der Waals surface area contributed by atoms with Crippen LogP contribution in [0, 0.1) is 12.8 Å². The molecule has 44 heavy (non-hydrogen) atoms. The number of fused-ring (bicyclic) bond motifs is 1. The van der Waals surface area contributed by atoms with Gasteiger partial charge in [0.05, 0.1) is 18.7 Å². The van der Waals surface area contributed by atoms with E-state index in [1.165, 1.54) is 33.6 Å². The van der Waals surface area contributed by atoms with Crippen molar-refractivity contribution in [2.24, 2.45) is 5.92 Å². The predicted octanol–water partition coefficient (Wildman–Crippen LogP) is 7.85. The minimum Gasteiger partial charge on any atom is -0.496 e. The van der Waals surface area contributed by atoms with E-state index in [1.807, 2.05) is 14.0 Å². The lowest BCUT2D eigenvalue weighted by Gasteiger charge is -2.34. The first-order chi connectivity index (χ1) is 21.4. The van der Waals surface area contributed by atoms with Gasteiger partial charge in [-0.2, -0.15) is 0 Å². The van der Waals surface area contributed by atoms with Gasteiger partial charge in [0, 0.05) is 41.9 Å². The Morgan fingerprint density at radius 2 is 1.84 bits per heavy atom. The van der Waals surface area contributed by atoms with Crippen LogP contribution in [-0.2, 0) is 11.3 Å². The third kappa shape index (κ3) is 6.47. The summed E-state index contributed by atoms with van der Waals surface area (Å²) in [7, 11) is 3.73. The number of piperidine rings is 1. The smallest absolute Gasteiger partial charge is 0.225 e. The Hall–Kier alpha value is -3.49. The molecule has 1 saturated carbocycles. The van der Waals surface area contributed by atoms with Crippen LogP contribution in [0.5, 0.6) is 5.75 Å². The summed E-state index contributed by atoms with van der Waals surface area (Å²) in [6, 6.07) is 15.3. The Kier molecular flexibility index (Phi) is 9.47. The van der Waals surface area contributed by atoms with Crippen LogP contribution in [0.15, 0.2) is 47.8 Å². The fraction of sp³-hybridized carbons (Fsp3) is 0.472. The summed E-state index contributed by atoms with van der Waals surface area (Å²) in [6.45, 7) is 6.84. The van der Waals surface area contributed by atoms with Crippen LogP contribution in [0.1, 0.15) is 85.7 Å². The molecule has 1 aliphatic carbocycles. The number of nitrogens with zero attached hydrogens (tertiary/aromatic N) is 3. The van der Waals surface area contributed by atoms with Gasteiger partial charge in [-0.05, 0) is 112 Å². The summed E-state index contributed by atoms with van der Waals surface area (Å²) in [6.07, 6.45) is 7.39. The SMILES string of the molecule is CNCc1ccccc1-c1csc([C@@H](C)Nc2nc(C)nc3cc(OC)c(C4CCC(C(=O)N5CCCCC5)CC4)cc23)c1. The molecule has 0 unspecified atom stereocenters. The molecule has 7 nitrogen and oxygen atoms in total. The Labute approximate surface area is 265 Å². The van der Waals surface area contributed by atoms with Crippen molar-refractivity contribution in [2.45, 2.75) is 77.3 Å². The van der Waals surface area contributed by atoms with Crippen LogP contribution < -0.4 is 15.4 Å². The number of hydrogen-bond acceptors (Lipinski definition) is 7. The number of ether oxygens (including phenoxy) is 1. The molecule has 3 heterocycles. The van der Waals surface area contributed by atoms with Crippen molar-refractivity contribution >= 4 is 34.0 Å². The second-order valence-electron chi connectivity index (χ2n) is 12.5. The van der Waals surface area contributed by atoms with Crippen LogP contribution >= 0.6 is 11.3 Å². The van der Waals surface area contributed by atoms with E-state index in [1.54, 1.807) is 18.4 Å². The molecule has 2 fully saturated rings. The molecule has 1 amide bonds. The summed E-state index contributed by atoms with van der Waals surface area (Å²) in [5.74, 6) is 3.34. The van der Waals surface area contributed by atoms with E-state index in [0.29, 0.717) is 11.8 Å². The first kappa shape index (κ1) is 30.5. The van der Waals surface area contributed by atoms with Gasteiger partial charge < -0.3 is 20.3 Å². The van der Waals surface area contributed by atoms with Gasteiger partial charge in [0.1, 0.15) is 17.4 Å². The second kappa shape index (κ2) is 13.7. The molecular weight excluding hydrogens is 566 g/mol. The van der Waals surface area contributed by atoms with Gasteiger partial charge in [-0.15, -0.1) is 11.3 Å². The molecular formula is C36H45N5O2S. The van der Waals surface area contributed by atoms with E-state index in [9.17, 15) is 4.79 Å². The average molecular weight is 612 g/mol. The minimum absolute atomic E-state index is 0.0736. The second-order valence-corrected chi connectivity index (χ2v) is 13.4. The number of thiophene rings is 1. The number of carbonyl (C=O) groups is 1. The van der Waals surface area contributed by atoms with E-state index in [-0.39, 0.29) is 12.0 Å². The zero-order chi connectivity index (χ0) is 30.6. The van der Waals surface area contributed by atoms with Gasteiger partial charge in [-0.25, -0.2) is 9.97 Å². The fourth-order valence-corrected chi connectivity index (χ4v) is 7.98. The van der Waals surface area contributed by atoms with Crippen LogP contribution in [0.25, 0.3) is 22.0 Å². The van der Waals surface area contributed by atoms with Crippen molar-refractivity contribution in [1.29, 1.82) is 0 Å². The van der Waals surface area contributed by atoms with Gasteiger partial charge >= 0.3 is 0 Å². The van der Waals surface area contributed by atoms with Crippen molar-refractivity contribution < 1.29 is 9.53 Å². The van der Waals surface area contributed by atoms with Gasteiger partial charge in [0.15, 0.2) is 0 Å². The molecule has 0 bridgehead atoms. The van der Waals surface area contributed by atoms with E-state index in [0.717, 1.165) is 86.5 Å². The fourth-order valence-electron chi connectivity index (χ4n) is 7.06. The zero-order valence-electron chi connectivity index (χ0n) is 26.5. The lowest BCUT2D eigenvalue weighted by molar-refractivity contribution is -0.137. The summed E-state index contributed by atoms with van der Waals surface area (Å²) < 4.78 is 5.92. The number of aryl methyl sites for hydroxylation is 1. The van der Waals surface area contributed by atoms with Gasteiger partial charge in [-0.1, -0.05) is 24.3 Å². The molecule has 2 aliphatic rings. The molecule has 0 spiro atoms. The highest BCUT2D eigenvalue weighted by atomic mass is 32.1. The molecule has 2 aromatic carbocycles. The van der Waals surface area contributed by atoms with Crippen LogP contribution in [0.3, 0.4) is 0 Å². The number of rotatable bonds is 9. The highest BCUT2D eigenvalue weighted by Gasteiger charge is 2.32. The van der Waals surface area contributed by atoms with Gasteiger partial charge in [0.2, 0.25) is 5.91 Å². The number of anilines is 1. The van der Waals surface area contributed by atoms with E-state index >= 15 is 0 Å². The number of benzene rings is 2. The number of methoxy groups -OCH3 is 1. The van der Waals surface area contributed by atoms with E-state index in [4.69, 9.17) is 14.7 Å². The number of aromatic nitrogens is 2. The summed E-state index contributed by atoms with van der Waals surface area (Å²) >= 11 is 1.78. The first-order valence-electron chi connectivity index (χ1n) is 16.2. The van der Waals surface area contributed by atoms with Crippen LogP contribution in [0.4, 0.5) is 5.82 Å². The maximum Gasteiger partial charge on any atom is 0.225 e. The molecule has 1 atom stereocenters. The number of nitrogens with one attached hydrogen (secondary N) is 2. The van der Waals surface area contributed by atoms with Crippen molar-refractivity contribution in [2.75, 3.05) is 32.6 Å². The Balaban J connectivity index is 1.23. The highest BCUT2D eigenvalue weighted by molar-refractivity contribution is 7.10. The van der Waals surface area contributed by atoms with Crippen molar-refractivity contribution in [3.8, 4) is 16.9 Å². The standard InChI is InChI=1S/C36H45N5O2S/c1-23(34-18-28(22-44-34)29-11-7-6-10-27(29)21-37-3)38-35-31-19-30(33(43-4)20-32(31)39-24(2)40-35)25-12-14-26(15-13-25)36(42)41-16-8-5-9-17-41/h6-7,10-11,18-20,22-23,25-26,37H,5,8-9,12-17,21H2,1-4H3,(H,38,39,40)/t23-,25?,26?/m1/s1. The monoisotopic (exact) mass is 611 g/mol. The molecule has 2 aromatic heterocycles. The Morgan fingerprint density at radius 3 is 2.59 bits per heavy atom. The van der Waals surface area contributed by atoms with Gasteiger partial charge in [-0.3, -0.25) is 4.79 Å². The van der Waals surface area contributed by atoms with Crippen molar-refractivity contribution in [1.82, 2.24) is 20.2 Å². The Morgan fingerprint density at radius 1 is 1.07 bits per heavy atom. The number of likely N-dealkylation sites (tertiary alicyclic amines) is 1. The molecule has 0 radical (unpaired) electrons. The van der Waals surface area contributed by atoms with E-state index in [2.05, 4.69) is 70.3 Å². The third-order valence-electron chi connectivity index (χ3n) is 9.44. The third-order valence-corrected chi connectivity index (χ3v) is 10.6. The largest absolute Gasteiger partial charge is 0.496 e. The van der Waals surface area contributed by atoms with E-state index < -0.39 is 0 Å². The summed E-state index contributed by atoms with van der Waals surface area (Å²) in [5, 5.41) is 10.3. The van der Waals surface area contributed by atoms with Crippen molar-refractivity contribution in [3.63, 3.8) is 0 Å². The Bertz CT molecular complexity index is 1600. The summed E-state index contributed by atoms with van der Waals surface area (Å²) in [4.78, 5) is 26.2. The highest BCUT2D eigenvalue weighted by Crippen LogP contribution is 2.43. The van der Waals surface area contributed by atoms with Crippen LogP contribution in [0.2, 0.25) is 0 Å². The van der Waals surface area contributed by atoms with Crippen LogP contribution in [-0.4, -0.2) is 48.0 Å². The maximum atomic E-state index is 13.2. The molecule has 232 valence electrons. The molecule has 4 aromatic rings. The lowest BCUT2D eigenvalue weighted by Crippen LogP contribution is -2.40. The molecule has 2 N–H and O–H groups in total. The average Bonchev–Trinajstić information content (AvgIpc) is 3.55.